The largest absolute Gasteiger partial charge is 0.393 e. The molecule has 0 spiro atoms. The first-order valence-corrected chi connectivity index (χ1v) is 8.76. The number of hydrogen-bond acceptors (Lipinski definition) is 5. The normalized spacial score (nSPS) is 20.8. The fourth-order valence-electron chi connectivity index (χ4n) is 3.45. The Balaban J connectivity index is 1.83. The summed E-state index contributed by atoms with van der Waals surface area (Å²) in [7, 11) is 0. The number of likely N-dealkylation sites (tertiary alicyclic amines) is 1. The van der Waals surface area contributed by atoms with Crippen molar-refractivity contribution in [2.24, 2.45) is 5.92 Å². The zero-order valence-corrected chi connectivity index (χ0v) is 14.7. The van der Waals surface area contributed by atoms with Gasteiger partial charge < -0.3 is 14.9 Å². The Morgan fingerprint density at radius 1 is 1.40 bits per heavy atom. The van der Waals surface area contributed by atoms with Gasteiger partial charge in [0.25, 0.3) is 0 Å². The second-order valence-electron chi connectivity index (χ2n) is 6.76. The number of aliphatic hydroxyl groups is 1. The molecular formula is C19H25N3O3. The first-order chi connectivity index (χ1) is 12.0. The summed E-state index contributed by atoms with van der Waals surface area (Å²) in [4.78, 5) is 15.2. The van der Waals surface area contributed by atoms with Crippen molar-refractivity contribution in [3.63, 3.8) is 0 Å². The minimum atomic E-state index is -0.417. The number of anilines is 1. The van der Waals surface area contributed by atoms with E-state index in [4.69, 9.17) is 4.52 Å². The van der Waals surface area contributed by atoms with Crippen LogP contribution in [0.25, 0.3) is 0 Å². The summed E-state index contributed by atoms with van der Waals surface area (Å²) in [5, 5.41) is 16.7. The smallest absolute Gasteiger partial charge is 0.247 e. The average Bonchev–Trinajstić information content (AvgIpc) is 3.01. The third kappa shape index (κ3) is 4.27. The molecule has 1 aliphatic heterocycles. The summed E-state index contributed by atoms with van der Waals surface area (Å²) in [6, 6.07) is 11.0. The Kier molecular flexibility index (Phi) is 5.50. The summed E-state index contributed by atoms with van der Waals surface area (Å²) in [5.41, 5.74) is 0.937. The molecule has 2 N–H and O–H groups in total. The third-order valence-corrected chi connectivity index (χ3v) is 4.78. The Hall–Kier alpha value is -2.18. The fraction of sp³-hybridized carbons (Fsp3) is 0.474. The van der Waals surface area contributed by atoms with Gasteiger partial charge in [0.05, 0.1) is 6.10 Å². The summed E-state index contributed by atoms with van der Waals surface area (Å²) in [5.74, 6) is 1.12. The van der Waals surface area contributed by atoms with Crippen LogP contribution in [0.3, 0.4) is 0 Å². The van der Waals surface area contributed by atoms with E-state index in [1.807, 2.05) is 37.3 Å². The maximum absolute atomic E-state index is 13.0. The molecule has 2 aromatic rings. The fourth-order valence-corrected chi connectivity index (χ4v) is 3.45. The Morgan fingerprint density at radius 3 is 2.80 bits per heavy atom. The molecule has 0 radical (unpaired) electrons. The molecule has 25 heavy (non-hydrogen) atoms. The molecule has 6 heteroatoms. The average molecular weight is 343 g/mol. The van der Waals surface area contributed by atoms with Crippen LogP contribution in [0.15, 0.2) is 40.9 Å². The standard InChI is InChI=1S/C19H25N3O3/c1-13-11-17(21-25-13)20-19(24)18(15-7-4-3-5-8-15)22-10-6-9-16(12-22)14(2)23/h3-5,7-8,11,14,16,18,23H,6,9-10,12H2,1-2H3,(H,20,21,24). The SMILES string of the molecule is Cc1cc(NC(=O)C(c2ccccc2)N2CCCC(C(C)O)C2)no1. The van der Waals surface area contributed by atoms with Gasteiger partial charge in [-0.05, 0) is 44.7 Å². The molecule has 3 rings (SSSR count). The lowest BCUT2D eigenvalue weighted by Crippen LogP contribution is -2.45. The summed E-state index contributed by atoms with van der Waals surface area (Å²) >= 11 is 0. The number of carbonyl (C=O) groups is 1. The molecule has 0 bridgehead atoms. The summed E-state index contributed by atoms with van der Waals surface area (Å²) in [6.07, 6.45) is 1.58. The Labute approximate surface area is 147 Å². The molecule has 2 heterocycles. The number of rotatable bonds is 5. The lowest BCUT2D eigenvalue weighted by Gasteiger charge is -2.38. The molecule has 3 unspecified atom stereocenters. The molecule has 1 aromatic carbocycles. The zero-order chi connectivity index (χ0) is 17.8. The van der Waals surface area contributed by atoms with Crippen LogP contribution in [0.4, 0.5) is 5.82 Å². The highest BCUT2D eigenvalue weighted by atomic mass is 16.5. The van der Waals surface area contributed by atoms with E-state index in [9.17, 15) is 9.90 Å². The highest BCUT2D eigenvalue weighted by molar-refractivity contribution is 5.94. The predicted octanol–water partition coefficient (Wildman–Crippen LogP) is 2.76. The van der Waals surface area contributed by atoms with Gasteiger partial charge in [0.2, 0.25) is 5.91 Å². The second kappa shape index (κ2) is 7.80. The van der Waals surface area contributed by atoms with Crippen LogP contribution in [-0.4, -0.2) is 40.3 Å². The molecule has 1 fully saturated rings. The van der Waals surface area contributed by atoms with Crippen molar-refractivity contribution in [2.45, 2.75) is 38.8 Å². The van der Waals surface area contributed by atoms with Gasteiger partial charge in [0.15, 0.2) is 5.82 Å². The number of aryl methyl sites for hydroxylation is 1. The molecule has 3 atom stereocenters. The highest BCUT2D eigenvalue weighted by Gasteiger charge is 2.33. The minimum absolute atomic E-state index is 0.134. The van der Waals surface area contributed by atoms with E-state index in [-0.39, 0.29) is 17.9 Å². The molecule has 1 saturated heterocycles. The van der Waals surface area contributed by atoms with Crippen LogP contribution in [-0.2, 0) is 4.79 Å². The van der Waals surface area contributed by atoms with Crippen LogP contribution in [0.1, 0.15) is 37.1 Å². The van der Waals surface area contributed by atoms with Crippen molar-refractivity contribution in [3.8, 4) is 0 Å². The molecule has 1 aromatic heterocycles. The van der Waals surface area contributed by atoms with E-state index in [1.165, 1.54) is 0 Å². The first-order valence-electron chi connectivity index (χ1n) is 8.76. The van der Waals surface area contributed by atoms with Crippen molar-refractivity contribution < 1.29 is 14.4 Å². The van der Waals surface area contributed by atoms with Crippen molar-refractivity contribution in [2.75, 3.05) is 18.4 Å². The van der Waals surface area contributed by atoms with Crippen LogP contribution in [0.2, 0.25) is 0 Å². The number of piperidine rings is 1. The van der Waals surface area contributed by atoms with Crippen LogP contribution in [0.5, 0.6) is 0 Å². The monoisotopic (exact) mass is 343 g/mol. The number of benzene rings is 1. The lowest BCUT2D eigenvalue weighted by atomic mass is 9.91. The topological polar surface area (TPSA) is 78.6 Å². The van der Waals surface area contributed by atoms with Crippen LogP contribution >= 0.6 is 0 Å². The Morgan fingerprint density at radius 2 is 2.16 bits per heavy atom. The molecule has 0 aliphatic carbocycles. The predicted molar refractivity (Wildman–Crippen MR) is 95.0 cm³/mol. The number of nitrogens with zero attached hydrogens (tertiary/aromatic N) is 2. The van der Waals surface area contributed by atoms with E-state index in [2.05, 4.69) is 15.4 Å². The van der Waals surface area contributed by atoms with Gasteiger partial charge in [-0.1, -0.05) is 35.5 Å². The van der Waals surface area contributed by atoms with Crippen LogP contribution < -0.4 is 5.32 Å². The van der Waals surface area contributed by atoms with Gasteiger partial charge in [-0.15, -0.1) is 0 Å². The molecule has 1 amide bonds. The summed E-state index contributed by atoms with van der Waals surface area (Å²) < 4.78 is 5.03. The quantitative estimate of drug-likeness (QED) is 0.873. The number of amides is 1. The van der Waals surface area contributed by atoms with Gasteiger partial charge >= 0.3 is 0 Å². The number of nitrogens with one attached hydrogen (secondary N) is 1. The van der Waals surface area contributed by atoms with Gasteiger partial charge in [0, 0.05) is 12.6 Å². The van der Waals surface area contributed by atoms with Crippen molar-refractivity contribution in [1.82, 2.24) is 10.1 Å². The van der Waals surface area contributed by atoms with E-state index < -0.39 is 6.04 Å². The van der Waals surface area contributed by atoms with E-state index in [1.54, 1.807) is 13.0 Å². The molecular weight excluding hydrogens is 318 g/mol. The van der Waals surface area contributed by atoms with Crippen LogP contribution in [0, 0.1) is 12.8 Å². The van der Waals surface area contributed by atoms with Crippen molar-refractivity contribution >= 4 is 11.7 Å². The number of aliphatic hydroxyl groups excluding tert-OH is 1. The van der Waals surface area contributed by atoms with E-state index in [0.29, 0.717) is 18.1 Å². The van der Waals surface area contributed by atoms with E-state index >= 15 is 0 Å². The molecule has 1 aliphatic rings. The number of aromatic nitrogens is 1. The van der Waals surface area contributed by atoms with Crippen molar-refractivity contribution in [3.05, 3.63) is 47.7 Å². The molecule has 134 valence electrons. The molecule has 6 nitrogen and oxygen atoms in total. The van der Waals surface area contributed by atoms with Gasteiger partial charge in [-0.25, -0.2) is 0 Å². The maximum atomic E-state index is 13.0. The lowest BCUT2D eigenvalue weighted by molar-refractivity contribution is -0.122. The number of carbonyl (C=O) groups excluding carboxylic acids is 1. The number of hydrogen-bond donors (Lipinski definition) is 2. The van der Waals surface area contributed by atoms with Gasteiger partial charge in [-0.3, -0.25) is 9.69 Å². The van der Waals surface area contributed by atoms with Gasteiger partial charge in [0.1, 0.15) is 11.8 Å². The van der Waals surface area contributed by atoms with E-state index in [0.717, 1.165) is 24.9 Å². The molecule has 0 saturated carbocycles. The van der Waals surface area contributed by atoms with Gasteiger partial charge in [-0.2, -0.15) is 0 Å². The summed E-state index contributed by atoms with van der Waals surface area (Å²) in [6.45, 7) is 5.13. The van der Waals surface area contributed by atoms with Crippen molar-refractivity contribution in [1.29, 1.82) is 0 Å². The second-order valence-corrected chi connectivity index (χ2v) is 6.76. The minimum Gasteiger partial charge on any atom is -0.393 e. The third-order valence-electron chi connectivity index (χ3n) is 4.78. The highest BCUT2D eigenvalue weighted by Crippen LogP contribution is 2.29. The maximum Gasteiger partial charge on any atom is 0.247 e. The zero-order valence-electron chi connectivity index (χ0n) is 14.7. The first kappa shape index (κ1) is 17.6. The Bertz CT molecular complexity index is 699.